The minimum Gasteiger partial charge on any atom is -0.382 e. The highest BCUT2D eigenvalue weighted by atomic mass is 32.2. The lowest BCUT2D eigenvalue weighted by Crippen LogP contribution is -2.46. The van der Waals surface area contributed by atoms with E-state index in [2.05, 4.69) is 25.8 Å². The predicted octanol–water partition coefficient (Wildman–Crippen LogP) is 2.60. The molecule has 1 fully saturated rings. The van der Waals surface area contributed by atoms with Crippen molar-refractivity contribution in [1.29, 1.82) is 0 Å². The summed E-state index contributed by atoms with van der Waals surface area (Å²) in [4.78, 5) is 17.7. The molecule has 0 saturated carbocycles. The van der Waals surface area contributed by atoms with Gasteiger partial charge in [0.15, 0.2) is 0 Å². The Morgan fingerprint density at radius 1 is 1.19 bits per heavy atom. The summed E-state index contributed by atoms with van der Waals surface area (Å²) < 4.78 is 24.9. The molecule has 1 aliphatic heterocycles. The lowest BCUT2D eigenvalue weighted by molar-refractivity contribution is 0.0924. The van der Waals surface area contributed by atoms with E-state index >= 15 is 0 Å². The zero-order valence-corrected chi connectivity index (χ0v) is 19.2. The first-order valence-electron chi connectivity index (χ1n) is 10.7. The van der Waals surface area contributed by atoms with Gasteiger partial charge in [0.1, 0.15) is 0 Å². The molecule has 3 N–H and O–H groups in total. The number of carbonyl (C=O) groups excluding carboxylic acids is 1. The smallest absolute Gasteiger partial charge is 0.255 e. The molecule has 32 heavy (non-hydrogen) atoms. The monoisotopic (exact) mass is 456 g/mol. The minimum atomic E-state index is -3.20. The maximum Gasteiger partial charge on any atom is 0.255 e. The molecule has 2 aromatic heterocycles. The number of anilines is 1. The lowest BCUT2D eigenvalue weighted by atomic mass is 10.0. The van der Waals surface area contributed by atoms with E-state index < -0.39 is 10.0 Å². The van der Waals surface area contributed by atoms with E-state index in [4.69, 9.17) is 0 Å². The van der Waals surface area contributed by atoms with Gasteiger partial charge in [-0.3, -0.25) is 14.9 Å². The fraction of sp³-hybridized carbons (Fsp3) is 0.409. The van der Waals surface area contributed by atoms with E-state index in [0.717, 1.165) is 27.7 Å². The molecule has 0 radical (unpaired) electrons. The van der Waals surface area contributed by atoms with Crippen molar-refractivity contribution in [1.82, 2.24) is 24.8 Å². The molecule has 0 bridgehead atoms. The van der Waals surface area contributed by atoms with Gasteiger partial charge in [-0.25, -0.2) is 12.7 Å². The van der Waals surface area contributed by atoms with Gasteiger partial charge in [-0.1, -0.05) is 6.07 Å². The van der Waals surface area contributed by atoms with Crippen LogP contribution in [0.2, 0.25) is 0 Å². The van der Waals surface area contributed by atoms with E-state index in [1.165, 1.54) is 10.6 Å². The Balaban J connectivity index is 1.63. The number of carbonyl (C=O) groups is 1. The van der Waals surface area contributed by atoms with Gasteiger partial charge in [-0.05, 0) is 44.4 Å². The molecule has 0 aliphatic carbocycles. The number of nitrogens with one attached hydrogen (secondary N) is 3. The number of rotatable bonds is 6. The van der Waals surface area contributed by atoms with Crippen molar-refractivity contribution < 1.29 is 13.2 Å². The molecule has 1 amide bonds. The van der Waals surface area contributed by atoms with Gasteiger partial charge in [0, 0.05) is 48.5 Å². The number of aromatic nitrogens is 3. The molecule has 4 rings (SSSR count). The molecule has 0 atom stereocenters. The zero-order chi connectivity index (χ0) is 22.9. The standard InChI is InChI=1S/C22H28N6O3S/c1-14(2)26-21-18-10-15(16-11-24-25-12-16)4-5-20(18)23-13-19(21)22(29)27-17-6-8-28(9-7-17)32(3,30)31/h4-5,10-14,17H,6-9H2,1-3H3,(H,23,26)(H,24,25)(H,27,29). The molecular weight excluding hydrogens is 428 g/mol. The topological polar surface area (TPSA) is 120 Å². The van der Waals surface area contributed by atoms with Crippen molar-refractivity contribution in [3.63, 3.8) is 0 Å². The van der Waals surface area contributed by atoms with Gasteiger partial charge in [0.05, 0.1) is 29.2 Å². The molecule has 10 heteroatoms. The summed E-state index contributed by atoms with van der Waals surface area (Å²) in [5, 5.41) is 14.2. The van der Waals surface area contributed by atoms with Gasteiger partial charge in [0.2, 0.25) is 10.0 Å². The number of H-pyrrole nitrogens is 1. The Bertz CT molecular complexity index is 1220. The van der Waals surface area contributed by atoms with Crippen molar-refractivity contribution in [2.75, 3.05) is 24.7 Å². The Morgan fingerprint density at radius 3 is 2.56 bits per heavy atom. The third-order valence-corrected chi connectivity index (χ3v) is 6.94. The highest BCUT2D eigenvalue weighted by Gasteiger charge is 2.27. The lowest BCUT2D eigenvalue weighted by Gasteiger charge is -2.30. The first-order chi connectivity index (χ1) is 15.2. The zero-order valence-electron chi connectivity index (χ0n) is 18.4. The largest absolute Gasteiger partial charge is 0.382 e. The molecule has 1 aromatic carbocycles. The van der Waals surface area contributed by atoms with Gasteiger partial charge in [-0.2, -0.15) is 5.10 Å². The van der Waals surface area contributed by atoms with Crippen LogP contribution in [-0.4, -0.2) is 65.2 Å². The third-order valence-electron chi connectivity index (χ3n) is 5.64. The highest BCUT2D eigenvalue weighted by molar-refractivity contribution is 7.88. The summed E-state index contributed by atoms with van der Waals surface area (Å²) >= 11 is 0. The van der Waals surface area contributed by atoms with E-state index in [9.17, 15) is 13.2 Å². The van der Waals surface area contributed by atoms with Crippen molar-refractivity contribution in [3.05, 3.63) is 42.4 Å². The van der Waals surface area contributed by atoms with Crippen molar-refractivity contribution >= 4 is 32.5 Å². The van der Waals surface area contributed by atoms with Gasteiger partial charge in [0.25, 0.3) is 5.91 Å². The van der Waals surface area contributed by atoms with Crippen LogP contribution in [0.4, 0.5) is 5.69 Å². The van der Waals surface area contributed by atoms with Crippen LogP contribution in [0.15, 0.2) is 36.8 Å². The number of benzene rings is 1. The average Bonchev–Trinajstić information content (AvgIpc) is 3.28. The summed E-state index contributed by atoms with van der Waals surface area (Å²) in [5.41, 5.74) is 3.93. The SMILES string of the molecule is CC(C)Nc1c(C(=O)NC2CCN(S(C)(=O)=O)CC2)cnc2ccc(-c3cn[nH]c3)cc12. The Hall–Kier alpha value is -2.98. The number of hydrogen-bond acceptors (Lipinski definition) is 6. The summed E-state index contributed by atoms with van der Waals surface area (Å²) in [6.07, 6.45) is 7.56. The van der Waals surface area contributed by atoms with E-state index in [0.29, 0.717) is 31.5 Å². The molecular formula is C22H28N6O3S. The van der Waals surface area contributed by atoms with Gasteiger partial charge < -0.3 is 10.6 Å². The second kappa shape index (κ2) is 8.87. The third kappa shape index (κ3) is 4.76. The summed E-state index contributed by atoms with van der Waals surface area (Å²) in [5.74, 6) is -0.214. The first-order valence-corrected chi connectivity index (χ1v) is 12.5. The molecule has 9 nitrogen and oxygen atoms in total. The maximum atomic E-state index is 13.2. The number of nitrogens with zero attached hydrogens (tertiary/aromatic N) is 3. The number of aromatic amines is 1. The fourth-order valence-corrected chi connectivity index (χ4v) is 4.87. The fourth-order valence-electron chi connectivity index (χ4n) is 3.99. The molecule has 1 saturated heterocycles. The van der Waals surface area contributed by atoms with Crippen LogP contribution in [0.25, 0.3) is 22.0 Å². The number of hydrogen-bond donors (Lipinski definition) is 3. The average molecular weight is 457 g/mol. The molecule has 0 spiro atoms. The summed E-state index contributed by atoms with van der Waals surface area (Å²) in [6, 6.07) is 5.96. The normalized spacial score (nSPS) is 15.9. The Labute approximate surface area is 187 Å². The molecule has 3 heterocycles. The van der Waals surface area contributed by atoms with Crippen LogP contribution in [0.1, 0.15) is 37.0 Å². The number of amides is 1. The van der Waals surface area contributed by atoms with E-state index in [1.54, 1.807) is 12.4 Å². The number of fused-ring (bicyclic) bond motifs is 1. The highest BCUT2D eigenvalue weighted by Crippen LogP contribution is 2.31. The summed E-state index contributed by atoms with van der Waals surface area (Å²) in [6.45, 7) is 4.86. The molecule has 3 aromatic rings. The predicted molar refractivity (Wildman–Crippen MR) is 125 cm³/mol. The van der Waals surface area contributed by atoms with Crippen LogP contribution in [0.5, 0.6) is 0 Å². The number of piperidine rings is 1. The second-order valence-electron chi connectivity index (χ2n) is 8.47. The summed E-state index contributed by atoms with van der Waals surface area (Å²) in [7, 11) is -3.20. The van der Waals surface area contributed by atoms with Crippen molar-refractivity contribution in [2.45, 2.75) is 38.8 Å². The quantitative estimate of drug-likeness (QED) is 0.524. The Kier molecular flexibility index (Phi) is 6.16. The van der Waals surface area contributed by atoms with Gasteiger partial charge >= 0.3 is 0 Å². The van der Waals surface area contributed by atoms with Gasteiger partial charge in [-0.15, -0.1) is 0 Å². The molecule has 1 aliphatic rings. The van der Waals surface area contributed by atoms with Crippen molar-refractivity contribution in [2.24, 2.45) is 0 Å². The second-order valence-corrected chi connectivity index (χ2v) is 10.5. The minimum absolute atomic E-state index is 0.0830. The first kappa shape index (κ1) is 22.2. The number of sulfonamides is 1. The van der Waals surface area contributed by atoms with Crippen LogP contribution in [0.3, 0.4) is 0 Å². The van der Waals surface area contributed by atoms with Crippen LogP contribution in [-0.2, 0) is 10.0 Å². The van der Waals surface area contributed by atoms with Crippen molar-refractivity contribution in [3.8, 4) is 11.1 Å². The van der Waals surface area contributed by atoms with Crippen LogP contribution in [0, 0.1) is 0 Å². The van der Waals surface area contributed by atoms with Crippen LogP contribution < -0.4 is 10.6 Å². The van der Waals surface area contributed by atoms with E-state index in [-0.39, 0.29) is 18.0 Å². The Morgan fingerprint density at radius 2 is 1.94 bits per heavy atom. The maximum absolute atomic E-state index is 13.2. The van der Waals surface area contributed by atoms with E-state index in [1.807, 2.05) is 38.2 Å². The van der Waals surface area contributed by atoms with Crippen LogP contribution >= 0.6 is 0 Å². The molecule has 0 unspecified atom stereocenters. The number of pyridine rings is 1. The molecule has 170 valence electrons.